The Morgan fingerprint density at radius 2 is 1.72 bits per heavy atom. The number of rotatable bonds is 13. The smallest absolute Gasteiger partial charge is 0.240 e. The maximum Gasteiger partial charge on any atom is 0.240 e. The lowest BCUT2D eigenvalue weighted by atomic mass is 9.92. The van der Waals surface area contributed by atoms with Crippen LogP contribution in [0.2, 0.25) is 0 Å². The molecule has 0 bridgehead atoms. The minimum absolute atomic E-state index is 0.0392. The first-order valence-electron chi connectivity index (χ1n) is 13.3. The summed E-state index contributed by atoms with van der Waals surface area (Å²) in [5.74, 6) is -0.355. The van der Waals surface area contributed by atoms with E-state index in [2.05, 4.69) is 10.0 Å². The first-order chi connectivity index (χ1) is 18.8. The number of amides is 1. The first kappa shape index (κ1) is 28.8. The summed E-state index contributed by atoms with van der Waals surface area (Å²) in [6.45, 7) is 2.28. The van der Waals surface area contributed by atoms with E-state index in [-0.39, 0.29) is 23.8 Å². The van der Waals surface area contributed by atoms with Crippen molar-refractivity contribution in [3.63, 3.8) is 0 Å². The van der Waals surface area contributed by atoms with Crippen LogP contribution in [0.25, 0.3) is 0 Å². The van der Waals surface area contributed by atoms with Gasteiger partial charge in [0, 0.05) is 18.9 Å². The highest BCUT2D eigenvalue weighted by Crippen LogP contribution is 2.32. The van der Waals surface area contributed by atoms with Crippen LogP contribution in [0.1, 0.15) is 42.5 Å². The SMILES string of the molecule is CCCOc1ccc(S(=O)(=O)NC[C@@H](O)C[C@@H](Cc2ccccc2)C(=O)N[C@H]2c3ccccc3C[C@H]2O)cc1. The van der Waals surface area contributed by atoms with E-state index in [1.54, 1.807) is 12.1 Å². The highest BCUT2D eigenvalue weighted by Gasteiger charge is 2.34. The Bertz CT molecular complexity index is 1330. The van der Waals surface area contributed by atoms with Gasteiger partial charge < -0.3 is 20.3 Å². The molecule has 0 aromatic heterocycles. The van der Waals surface area contributed by atoms with E-state index in [0.717, 1.165) is 23.1 Å². The van der Waals surface area contributed by atoms with Crippen LogP contribution >= 0.6 is 0 Å². The normalized spacial score (nSPS) is 18.2. The lowest BCUT2D eigenvalue weighted by Gasteiger charge is -2.24. The minimum Gasteiger partial charge on any atom is -0.494 e. The summed E-state index contributed by atoms with van der Waals surface area (Å²) in [5.41, 5.74) is 2.80. The molecule has 4 N–H and O–H groups in total. The van der Waals surface area contributed by atoms with Crippen molar-refractivity contribution >= 4 is 15.9 Å². The largest absolute Gasteiger partial charge is 0.494 e. The van der Waals surface area contributed by atoms with Crippen molar-refractivity contribution in [2.75, 3.05) is 13.2 Å². The molecule has 208 valence electrons. The summed E-state index contributed by atoms with van der Waals surface area (Å²) in [4.78, 5) is 13.5. The van der Waals surface area contributed by atoms with Gasteiger partial charge in [-0.1, -0.05) is 61.5 Å². The third kappa shape index (κ3) is 7.67. The Kier molecular flexibility index (Phi) is 9.74. The number of benzene rings is 3. The number of carbonyl (C=O) groups is 1. The van der Waals surface area contributed by atoms with E-state index >= 15 is 0 Å². The Hall–Kier alpha value is -3.24. The highest BCUT2D eigenvalue weighted by atomic mass is 32.2. The van der Waals surface area contributed by atoms with Gasteiger partial charge in [0.25, 0.3) is 0 Å². The molecule has 1 amide bonds. The zero-order valence-corrected chi connectivity index (χ0v) is 22.8. The molecule has 0 unspecified atom stereocenters. The van der Waals surface area contributed by atoms with Gasteiger partial charge in [-0.15, -0.1) is 0 Å². The molecular formula is C30H36N2O6S. The van der Waals surface area contributed by atoms with Crippen molar-refractivity contribution < 1.29 is 28.2 Å². The van der Waals surface area contributed by atoms with Crippen LogP contribution in [0.15, 0.2) is 83.8 Å². The van der Waals surface area contributed by atoms with Crippen molar-refractivity contribution in [2.24, 2.45) is 5.92 Å². The lowest BCUT2D eigenvalue weighted by Crippen LogP contribution is -2.41. The molecule has 4 atom stereocenters. The van der Waals surface area contributed by atoms with Gasteiger partial charge in [-0.2, -0.15) is 0 Å². The van der Waals surface area contributed by atoms with Gasteiger partial charge in [0.05, 0.1) is 29.8 Å². The topological polar surface area (TPSA) is 125 Å². The van der Waals surface area contributed by atoms with Crippen LogP contribution in [0, 0.1) is 5.92 Å². The summed E-state index contributed by atoms with van der Waals surface area (Å²) in [7, 11) is -3.87. The molecule has 9 heteroatoms. The zero-order valence-electron chi connectivity index (χ0n) is 22.0. The summed E-state index contributed by atoms with van der Waals surface area (Å²) in [6, 6.07) is 22.6. The molecule has 0 heterocycles. The van der Waals surface area contributed by atoms with Crippen LogP contribution in [-0.4, -0.2) is 49.9 Å². The van der Waals surface area contributed by atoms with Crippen molar-refractivity contribution in [3.05, 3.63) is 95.6 Å². The Morgan fingerprint density at radius 1 is 1.03 bits per heavy atom. The van der Waals surface area contributed by atoms with Crippen LogP contribution in [0.5, 0.6) is 5.75 Å². The molecule has 0 aliphatic heterocycles. The summed E-state index contributed by atoms with van der Waals surface area (Å²) in [5, 5.41) is 24.4. The van der Waals surface area contributed by atoms with Crippen LogP contribution in [0.3, 0.4) is 0 Å². The number of hydrogen-bond acceptors (Lipinski definition) is 6. The zero-order chi connectivity index (χ0) is 27.8. The van der Waals surface area contributed by atoms with Gasteiger partial charge in [-0.05, 0) is 60.2 Å². The molecule has 0 fully saturated rings. The minimum atomic E-state index is -3.87. The van der Waals surface area contributed by atoms with Gasteiger partial charge in [0.15, 0.2) is 0 Å². The van der Waals surface area contributed by atoms with E-state index in [9.17, 15) is 23.4 Å². The molecule has 39 heavy (non-hydrogen) atoms. The van der Waals surface area contributed by atoms with Crippen LogP contribution in [-0.2, 0) is 27.7 Å². The fourth-order valence-electron chi connectivity index (χ4n) is 4.84. The molecule has 0 saturated heterocycles. The third-order valence-corrected chi connectivity index (χ3v) is 8.31. The van der Waals surface area contributed by atoms with Gasteiger partial charge in [-0.3, -0.25) is 4.79 Å². The molecule has 1 aliphatic carbocycles. The average molecular weight is 553 g/mol. The number of sulfonamides is 1. The number of hydrogen-bond donors (Lipinski definition) is 4. The van der Waals surface area contributed by atoms with E-state index < -0.39 is 34.2 Å². The highest BCUT2D eigenvalue weighted by molar-refractivity contribution is 7.89. The van der Waals surface area contributed by atoms with Crippen molar-refractivity contribution in [1.29, 1.82) is 0 Å². The predicted molar refractivity (Wildman–Crippen MR) is 149 cm³/mol. The Balaban J connectivity index is 1.41. The van der Waals surface area contributed by atoms with Gasteiger partial charge in [0.2, 0.25) is 15.9 Å². The average Bonchev–Trinajstić information content (AvgIpc) is 3.25. The molecular weight excluding hydrogens is 516 g/mol. The molecule has 3 aromatic rings. The van der Waals surface area contributed by atoms with Crippen LogP contribution in [0.4, 0.5) is 0 Å². The number of carbonyl (C=O) groups excluding carboxylic acids is 1. The maximum absolute atomic E-state index is 13.4. The molecule has 0 radical (unpaired) electrons. The quantitative estimate of drug-likeness (QED) is 0.258. The number of fused-ring (bicyclic) bond motifs is 1. The maximum atomic E-state index is 13.4. The number of nitrogens with one attached hydrogen (secondary N) is 2. The fraction of sp³-hybridized carbons (Fsp3) is 0.367. The van der Waals surface area contributed by atoms with Crippen molar-refractivity contribution in [1.82, 2.24) is 10.0 Å². The van der Waals surface area contributed by atoms with Gasteiger partial charge in [-0.25, -0.2) is 13.1 Å². The molecule has 3 aromatic carbocycles. The van der Waals surface area contributed by atoms with Crippen molar-refractivity contribution in [2.45, 2.75) is 55.8 Å². The molecule has 1 aliphatic rings. The molecule has 0 spiro atoms. The standard InChI is InChI=1S/C30H36N2O6S/c1-2-16-38-25-12-14-26(15-13-25)39(36,37)31-20-24(33)18-23(17-21-8-4-3-5-9-21)30(35)32-29-27-11-7-6-10-22(27)19-28(29)34/h3-15,23-24,28-29,31,33-34H,2,16-20H2,1H3,(H,32,35)/t23-,24+,28-,29+/m1/s1. The summed E-state index contributed by atoms with van der Waals surface area (Å²) < 4.78 is 33.5. The van der Waals surface area contributed by atoms with Crippen molar-refractivity contribution in [3.8, 4) is 5.75 Å². The fourth-order valence-corrected chi connectivity index (χ4v) is 5.91. The Morgan fingerprint density at radius 3 is 2.44 bits per heavy atom. The second-order valence-corrected chi connectivity index (χ2v) is 11.7. The van der Waals surface area contributed by atoms with Gasteiger partial charge >= 0.3 is 0 Å². The van der Waals surface area contributed by atoms with E-state index in [1.165, 1.54) is 12.1 Å². The number of ether oxygens (including phenoxy) is 1. The second-order valence-electron chi connectivity index (χ2n) is 9.90. The number of aliphatic hydroxyl groups excluding tert-OH is 2. The third-order valence-electron chi connectivity index (χ3n) is 6.87. The summed E-state index contributed by atoms with van der Waals surface area (Å²) in [6.07, 6.45) is -0.137. The monoisotopic (exact) mass is 552 g/mol. The van der Waals surface area contributed by atoms with Crippen LogP contribution < -0.4 is 14.8 Å². The molecule has 8 nitrogen and oxygen atoms in total. The van der Waals surface area contributed by atoms with E-state index in [4.69, 9.17) is 4.74 Å². The van der Waals surface area contributed by atoms with E-state index in [1.807, 2.05) is 61.5 Å². The summed E-state index contributed by atoms with van der Waals surface area (Å²) >= 11 is 0. The van der Waals surface area contributed by atoms with Gasteiger partial charge in [0.1, 0.15) is 5.75 Å². The van der Waals surface area contributed by atoms with E-state index in [0.29, 0.717) is 25.2 Å². The second kappa shape index (κ2) is 13.2. The molecule has 0 saturated carbocycles. The predicted octanol–water partition coefficient (Wildman–Crippen LogP) is 3.14. The molecule has 4 rings (SSSR count). The first-order valence-corrected chi connectivity index (χ1v) is 14.8. The lowest BCUT2D eigenvalue weighted by molar-refractivity contribution is -0.127. The number of aliphatic hydroxyl groups is 2. The Labute approximate surface area is 230 Å².